The van der Waals surface area contributed by atoms with Gasteiger partial charge in [-0.2, -0.15) is 0 Å². The number of halogens is 3. The minimum atomic E-state index is -3.96. The Morgan fingerprint density at radius 2 is 1.95 bits per heavy atom. The van der Waals surface area contributed by atoms with Crippen LogP contribution in [0.1, 0.15) is 6.92 Å². The Balaban J connectivity index is 2.67. The lowest BCUT2D eigenvalue weighted by molar-refractivity contribution is 0.583. The van der Waals surface area contributed by atoms with Gasteiger partial charge in [0.15, 0.2) is 5.82 Å². The second-order valence-corrected chi connectivity index (χ2v) is 6.92. The molecule has 2 aromatic rings. The molecule has 102 valence electrons. The van der Waals surface area contributed by atoms with Crippen molar-refractivity contribution in [3.05, 3.63) is 28.2 Å². The van der Waals surface area contributed by atoms with Crippen LogP contribution in [0.4, 0.5) is 0 Å². The molecule has 0 amide bonds. The highest BCUT2D eigenvalue weighted by Gasteiger charge is 2.23. The summed E-state index contributed by atoms with van der Waals surface area (Å²) in [6, 6.07) is 4.82. The van der Waals surface area contributed by atoms with Crippen molar-refractivity contribution in [1.82, 2.24) is 14.8 Å². The summed E-state index contributed by atoms with van der Waals surface area (Å²) in [6.45, 7) is 2.09. The molecule has 0 unspecified atom stereocenters. The highest BCUT2D eigenvalue weighted by atomic mass is 35.7. The highest BCUT2D eigenvalue weighted by molar-refractivity contribution is 8.13. The maximum atomic E-state index is 11.4. The maximum Gasteiger partial charge on any atom is 0.296 e. The molecular formula is C10H8Cl3N3O2S. The monoisotopic (exact) mass is 339 g/mol. The molecule has 0 saturated carbocycles. The predicted octanol–water partition coefficient (Wildman–Crippen LogP) is 3.20. The highest BCUT2D eigenvalue weighted by Crippen LogP contribution is 2.30. The van der Waals surface area contributed by atoms with Gasteiger partial charge in [0.1, 0.15) is 0 Å². The van der Waals surface area contributed by atoms with Gasteiger partial charge in [0.05, 0.1) is 5.02 Å². The fraction of sp³-hybridized carbons (Fsp3) is 0.200. The van der Waals surface area contributed by atoms with Crippen LogP contribution >= 0.6 is 33.9 Å². The van der Waals surface area contributed by atoms with E-state index in [-0.39, 0.29) is 5.16 Å². The number of hydrogen-bond acceptors (Lipinski definition) is 4. The van der Waals surface area contributed by atoms with Gasteiger partial charge in [-0.25, -0.2) is 8.42 Å². The molecule has 9 heteroatoms. The third-order valence-corrected chi connectivity index (χ3v) is 4.12. The zero-order valence-electron chi connectivity index (χ0n) is 9.64. The molecule has 0 aliphatic carbocycles. The Morgan fingerprint density at radius 1 is 1.26 bits per heavy atom. The molecule has 0 fully saturated rings. The second kappa shape index (κ2) is 5.28. The first kappa shape index (κ1) is 14.6. The van der Waals surface area contributed by atoms with Crippen LogP contribution in [0.25, 0.3) is 11.4 Å². The zero-order valence-corrected chi connectivity index (χ0v) is 12.7. The lowest BCUT2D eigenvalue weighted by Gasteiger charge is -2.07. The molecule has 0 aliphatic heterocycles. The van der Waals surface area contributed by atoms with E-state index in [2.05, 4.69) is 10.2 Å². The van der Waals surface area contributed by atoms with E-state index in [1.165, 1.54) is 4.57 Å². The van der Waals surface area contributed by atoms with E-state index in [1.54, 1.807) is 25.1 Å². The molecule has 0 radical (unpaired) electrons. The van der Waals surface area contributed by atoms with Gasteiger partial charge in [0, 0.05) is 27.8 Å². The Kier molecular flexibility index (Phi) is 4.06. The fourth-order valence-corrected chi connectivity index (χ4v) is 3.08. The molecule has 1 heterocycles. The van der Waals surface area contributed by atoms with Crippen LogP contribution in [0.2, 0.25) is 10.0 Å². The standard InChI is InChI=1S/C10H8Cl3N3O2S/c1-2-16-9(14-15-10(16)19(13,17)18)7-4-3-6(11)5-8(7)12/h3-5H,2H2,1H3. The van der Waals surface area contributed by atoms with E-state index in [4.69, 9.17) is 33.9 Å². The first-order chi connectivity index (χ1) is 8.84. The third-order valence-electron chi connectivity index (χ3n) is 2.42. The number of aromatic nitrogens is 3. The Bertz CT molecular complexity index is 728. The summed E-state index contributed by atoms with van der Waals surface area (Å²) >= 11 is 11.9. The van der Waals surface area contributed by atoms with Crippen LogP contribution < -0.4 is 0 Å². The zero-order chi connectivity index (χ0) is 14.2. The van der Waals surface area contributed by atoms with E-state index >= 15 is 0 Å². The van der Waals surface area contributed by atoms with Gasteiger partial charge in [0.2, 0.25) is 0 Å². The van der Waals surface area contributed by atoms with Crippen molar-refractivity contribution in [2.24, 2.45) is 0 Å². The van der Waals surface area contributed by atoms with Crippen molar-refractivity contribution in [2.75, 3.05) is 0 Å². The number of hydrogen-bond donors (Lipinski definition) is 0. The number of nitrogens with zero attached hydrogens (tertiary/aromatic N) is 3. The molecule has 0 bridgehead atoms. The van der Waals surface area contributed by atoms with Crippen LogP contribution in [0.15, 0.2) is 23.4 Å². The predicted molar refractivity (Wildman–Crippen MR) is 74.2 cm³/mol. The average Bonchev–Trinajstić information content (AvgIpc) is 2.72. The maximum absolute atomic E-state index is 11.4. The summed E-state index contributed by atoms with van der Waals surface area (Å²) < 4.78 is 24.1. The summed E-state index contributed by atoms with van der Waals surface area (Å²) in [4.78, 5) is 0. The van der Waals surface area contributed by atoms with Crippen molar-refractivity contribution in [3.8, 4) is 11.4 Å². The SMILES string of the molecule is CCn1c(-c2ccc(Cl)cc2Cl)nnc1S(=O)(=O)Cl. The van der Waals surface area contributed by atoms with Gasteiger partial charge in [-0.15, -0.1) is 10.2 Å². The summed E-state index contributed by atoms with van der Waals surface area (Å²) in [6.07, 6.45) is 0. The quantitative estimate of drug-likeness (QED) is 0.805. The normalized spacial score (nSPS) is 11.8. The van der Waals surface area contributed by atoms with Gasteiger partial charge in [-0.05, 0) is 25.1 Å². The molecule has 0 atom stereocenters. The van der Waals surface area contributed by atoms with E-state index in [9.17, 15) is 8.42 Å². The molecule has 19 heavy (non-hydrogen) atoms. The van der Waals surface area contributed by atoms with Crippen LogP contribution in [0.5, 0.6) is 0 Å². The minimum absolute atomic E-state index is 0.308. The summed E-state index contributed by atoms with van der Waals surface area (Å²) in [5.41, 5.74) is 0.534. The van der Waals surface area contributed by atoms with Crippen molar-refractivity contribution in [2.45, 2.75) is 18.6 Å². The molecule has 5 nitrogen and oxygen atoms in total. The van der Waals surface area contributed by atoms with Crippen molar-refractivity contribution >= 4 is 42.9 Å². The van der Waals surface area contributed by atoms with Crippen molar-refractivity contribution in [1.29, 1.82) is 0 Å². The molecule has 1 aromatic heterocycles. The molecule has 0 spiro atoms. The summed E-state index contributed by atoms with van der Waals surface area (Å²) in [7, 11) is 1.34. The van der Waals surface area contributed by atoms with E-state index in [1.807, 2.05) is 0 Å². The molecule has 0 N–H and O–H groups in total. The minimum Gasteiger partial charge on any atom is -0.297 e. The van der Waals surface area contributed by atoms with Gasteiger partial charge >= 0.3 is 0 Å². The molecule has 1 aromatic carbocycles. The number of rotatable bonds is 3. The van der Waals surface area contributed by atoms with Crippen LogP contribution in [-0.2, 0) is 15.6 Å². The molecule has 0 saturated heterocycles. The number of benzene rings is 1. The molecular weight excluding hydrogens is 333 g/mol. The van der Waals surface area contributed by atoms with E-state index < -0.39 is 9.05 Å². The average molecular weight is 341 g/mol. The van der Waals surface area contributed by atoms with Gasteiger partial charge in [-0.3, -0.25) is 4.57 Å². The van der Waals surface area contributed by atoms with Crippen LogP contribution in [0.3, 0.4) is 0 Å². The largest absolute Gasteiger partial charge is 0.297 e. The Morgan fingerprint density at radius 3 is 2.47 bits per heavy atom. The lowest BCUT2D eigenvalue weighted by atomic mass is 10.2. The summed E-state index contributed by atoms with van der Waals surface area (Å²) in [5, 5.41) is 7.96. The molecule has 2 rings (SSSR count). The lowest BCUT2D eigenvalue weighted by Crippen LogP contribution is -2.06. The Hall–Kier alpha value is -0.820. The topological polar surface area (TPSA) is 64.8 Å². The van der Waals surface area contributed by atoms with Gasteiger partial charge < -0.3 is 0 Å². The van der Waals surface area contributed by atoms with Gasteiger partial charge in [-0.1, -0.05) is 23.2 Å². The van der Waals surface area contributed by atoms with Crippen LogP contribution in [-0.4, -0.2) is 23.2 Å². The van der Waals surface area contributed by atoms with Gasteiger partial charge in [0.25, 0.3) is 14.2 Å². The fourth-order valence-electron chi connectivity index (χ4n) is 1.62. The summed E-state index contributed by atoms with van der Waals surface area (Å²) in [5.74, 6) is 0.323. The first-order valence-electron chi connectivity index (χ1n) is 5.18. The van der Waals surface area contributed by atoms with Crippen molar-refractivity contribution < 1.29 is 8.42 Å². The van der Waals surface area contributed by atoms with E-state index in [0.29, 0.717) is 28.0 Å². The Labute approximate surface area is 124 Å². The first-order valence-corrected chi connectivity index (χ1v) is 8.24. The smallest absolute Gasteiger partial charge is 0.296 e. The van der Waals surface area contributed by atoms with Crippen LogP contribution in [0, 0.1) is 0 Å². The van der Waals surface area contributed by atoms with E-state index in [0.717, 1.165) is 0 Å². The third kappa shape index (κ3) is 2.86. The second-order valence-electron chi connectivity index (χ2n) is 3.61. The van der Waals surface area contributed by atoms with Crippen molar-refractivity contribution in [3.63, 3.8) is 0 Å². The molecule has 0 aliphatic rings.